The normalized spacial score (nSPS) is 38.3. The SMILES string of the molecule is C1=C(CSC2=NC3CCCCC3N2)N2C(=NC3CCCCC32)S1. The van der Waals surface area contributed by atoms with Gasteiger partial charge in [-0.1, -0.05) is 49.2 Å². The maximum Gasteiger partial charge on any atom is 0.168 e. The van der Waals surface area contributed by atoms with Crippen molar-refractivity contribution in [2.24, 2.45) is 9.98 Å². The van der Waals surface area contributed by atoms with Gasteiger partial charge in [-0.2, -0.15) is 0 Å². The van der Waals surface area contributed by atoms with Gasteiger partial charge in [-0.3, -0.25) is 9.98 Å². The number of rotatable bonds is 2. The molecule has 0 spiro atoms. The summed E-state index contributed by atoms with van der Waals surface area (Å²) in [6, 6.07) is 2.36. The molecule has 3 heterocycles. The molecule has 2 fully saturated rings. The van der Waals surface area contributed by atoms with Crippen LogP contribution in [0.5, 0.6) is 0 Å². The molecule has 2 saturated carbocycles. The number of fused-ring (bicyclic) bond motifs is 4. The Morgan fingerprint density at radius 1 is 1.09 bits per heavy atom. The average Bonchev–Trinajstić information content (AvgIpc) is 3.25. The Balaban J connectivity index is 1.23. The molecule has 5 aliphatic rings. The summed E-state index contributed by atoms with van der Waals surface area (Å²) >= 11 is 3.73. The van der Waals surface area contributed by atoms with Crippen molar-refractivity contribution in [2.45, 2.75) is 75.5 Å². The Bertz CT molecular complexity index is 585. The summed E-state index contributed by atoms with van der Waals surface area (Å²) in [5, 5.41) is 8.42. The predicted molar refractivity (Wildman–Crippen MR) is 100 cm³/mol. The summed E-state index contributed by atoms with van der Waals surface area (Å²) in [5.74, 6) is 1.03. The van der Waals surface area contributed by atoms with E-state index < -0.39 is 0 Å². The van der Waals surface area contributed by atoms with E-state index in [9.17, 15) is 0 Å². The van der Waals surface area contributed by atoms with E-state index in [1.165, 1.54) is 67.4 Å². The van der Waals surface area contributed by atoms with Crippen LogP contribution in [0.15, 0.2) is 21.1 Å². The molecule has 0 amide bonds. The first-order valence-corrected chi connectivity index (χ1v) is 10.9. The fourth-order valence-electron chi connectivity index (χ4n) is 4.60. The molecule has 0 bridgehead atoms. The number of hydrogen-bond donors (Lipinski definition) is 1. The van der Waals surface area contributed by atoms with Gasteiger partial charge in [-0.25, -0.2) is 0 Å². The number of amidine groups is 2. The molecule has 4 atom stereocenters. The van der Waals surface area contributed by atoms with E-state index >= 15 is 0 Å². The number of aliphatic imine (C=N–C) groups is 2. The molecule has 5 rings (SSSR count). The van der Waals surface area contributed by atoms with Gasteiger partial charge in [0.2, 0.25) is 0 Å². The first kappa shape index (κ1) is 14.7. The Kier molecular flexibility index (Phi) is 3.85. The van der Waals surface area contributed by atoms with E-state index in [0.29, 0.717) is 24.2 Å². The van der Waals surface area contributed by atoms with Gasteiger partial charge in [0.05, 0.1) is 24.2 Å². The molecular weight excluding hydrogens is 324 g/mol. The van der Waals surface area contributed by atoms with Crippen molar-refractivity contribution >= 4 is 33.9 Å². The summed E-state index contributed by atoms with van der Waals surface area (Å²) in [6.45, 7) is 0. The minimum Gasteiger partial charge on any atom is -0.360 e. The highest BCUT2D eigenvalue weighted by Crippen LogP contribution is 2.41. The van der Waals surface area contributed by atoms with E-state index in [1.807, 2.05) is 23.5 Å². The van der Waals surface area contributed by atoms with Crippen molar-refractivity contribution in [2.75, 3.05) is 5.75 Å². The maximum atomic E-state index is 4.96. The molecule has 124 valence electrons. The highest BCUT2D eigenvalue weighted by Gasteiger charge is 2.41. The van der Waals surface area contributed by atoms with E-state index in [4.69, 9.17) is 9.98 Å². The molecule has 0 aromatic heterocycles. The Labute approximate surface area is 146 Å². The van der Waals surface area contributed by atoms with Gasteiger partial charge < -0.3 is 10.2 Å². The van der Waals surface area contributed by atoms with Crippen molar-refractivity contribution in [3.63, 3.8) is 0 Å². The number of hydrogen-bond acceptors (Lipinski definition) is 6. The summed E-state index contributed by atoms with van der Waals surface area (Å²) < 4.78 is 0. The van der Waals surface area contributed by atoms with Crippen LogP contribution < -0.4 is 5.32 Å². The number of nitrogens with one attached hydrogen (secondary N) is 1. The summed E-state index contributed by atoms with van der Waals surface area (Å²) in [5.41, 5.74) is 1.45. The molecule has 0 saturated heterocycles. The quantitative estimate of drug-likeness (QED) is 0.828. The summed E-state index contributed by atoms with van der Waals surface area (Å²) in [7, 11) is 0. The van der Waals surface area contributed by atoms with Crippen molar-refractivity contribution < 1.29 is 0 Å². The lowest BCUT2D eigenvalue weighted by molar-refractivity contribution is 0.285. The van der Waals surface area contributed by atoms with Crippen molar-refractivity contribution in [1.29, 1.82) is 0 Å². The predicted octanol–water partition coefficient (Wildman–Crippen LogP) is 3.56. The third kappa shape index (κ3) is 2.62. The average molecular weight is 349 g/mol. The van der Waals surface area contributed by atoms with E-state index in [-0.39, 0.29) is 0 Å². The zero-order chi connectivity index (χ0) is 15.2. The molecule has 2 aliphatic carbocycles. The number of thioether (sulfide) groups is 2. The Morgan fingerprint density at radius 3 is 2.83 bits per heavy atom. The third-order valence-electron chi connectivity index (χ3n) is 5.80. The van der Waals surface area contributed by atoms with Crippen molar-refractivity contribution in [1.82, 2.24) is 10.2 Å². The monoisotopic (exact) mass is 348 g/mol. The van der Waals surface area contributed by atoms with Crippen LogP contribution in [0.25, 0.3) is 0 Å². The van der Waals surface area contributed by atoms with Crippen LogP contribution in [0, 0.1) is 0 Å². The maximum absolute atomic E-state index is 4.96. The molecule has 0 aromatic carbocycles. The van der Waals surface area contributed by atoms with E-state index in [0.717, 1.165) is 5.75 Å². The molecule has 23 heavy (non-hydrogen) atoms. The fraction of sp³-hybridized carbons (Fsp3) is 0.765. The molecule has 4 nitrogen and oxygen atoms in total. The molecule has 4 unspecified atom stereocenters. The smallest absolute Gasteiger partial charge is 0.168 e. The second-order valence-electron chi connectivity index (χ2n) is 7.25. The van der Waals surface area contributed by atoms with Gasteiger partial charge in [0.1, 0.15) is 0 Å². The van der Waals surface area contributed by atoms with Gasteiger partial charge in [-0.15, -0.1) is 0 Å². The molecular formula is C17H24N4S2. The molecule has 0 aromatic rings. The standard InChI is InChI=1S/C17H24N4S2/c1-2-6-13-12(5-1)18-16(19-13)22-9-11-10-23-17-20-14-7-3-4-8-15(14)21(11)17/h10,12-15H,1-9H2,(H,18,19). The topological polar surface area (TPSA) is 40.0 Å². The molecule has 6 heteroatoms. The van der Waals surface area contributed by atoms with E-state index in [2.05, 4.69) is 15.6 Å². The molecule has 1 N–H and O–H groups in total. The van der Waals surface area contributed by atoms with Crippen LogP contribution in [0.1, 0.15) is 51.4 Å². The molecule has 3 aliphatic heterocycles. The van der Waals surface area contributed by atoms with Gasteiger partial charge >= 0.3 is 0 Å². The molecule has 0 radical (unpaired) electrons. The van der Waals surface area contributed by atoms with Crippen molar-refractivity contribution in [3.8, 4) is 0 Å². The second-order valence-corrected chi connectivity index (χ2v) is 9.05. The van der Waals surface area contributed by atoms with Crippen LogP contribution in [0.2, 0.25) is 0 Å². The zero-order valence-corrected chi connectivity index (χ0v) is 15.0. The van der Waals surface area contributed by atoms with Gasteiger partial charge in [-0.05, 0) is 31.1 Å². The lowest BCUT2D eigenvalue weighted by Crippen LogP contribution is -2.39. The third-order valence-corrected chi connectivity index (χ3v) is 7.64. The minimum absolute atomic E-state index is 0.546. The second kappa shape index (κ2) is 6.03. The van der Waals surface area contributed by atoms with Crippen molar-refractivity contribution in [3.05, 3.63) is 11.1 Å². The van der Waals surface area contributed by atoms with Crippen LogP contribution in [-0.4, -0.2) is 45.2 Å². The van der Waals surface area contributed by atoms with Crippen LogP contribution >= 0.6 is 23.5 Å². The van der Waals surface area contributed by atoms with Crippen LogP contribution in [-0.2, 0) is 0 Å². The minimum atomic E-state index is 0.546. The van der Waals surface area contributed by atoms with Crippen LogP contribution in [0.4, 0.5) is 0 Å². The Hall–Kier alpha value is -0.620. The highest BCUT2D eigenvalue weighted by atomic mass is 32.2. The Morgan fingerprint density at radius 2 is 1.91 bits per heavy atom. The number of nitrogens with zero attached hydrogens (tertiary/aromatic N) is 3. The van der Waals surface area contributed by atoms with Crippen LogP contribution in [0.3, 0.4) is 0 Å². The lowest BCUT2D eigenvalue weighted by atomic mass is 9.91. The largest absolute Gasteiger partial charge is 0.360 e. The summed E-state index contributed by atoms with van der Waals surface area (Å²) in [6.07, 6.45) is 10.6. The van der Waals surface area contributed by atoms with Gasteiger partial charge in [0.25, 0.3) is 0 Å². The lowest BCUT2D eigenvalue weighted by Gasteiger charge is -2.31. The first-order chi connectivity index (χ1) is 11.4. The first-order valence-electron chi connectivity index (χ1n) is 9.08. The van der Waals surface area contributed by atoms with E-state index in [1.54, 1.807) is 0 Å². The van der Waals surface area contributed by atoms with Gasteiger partial charge in [0, 0.05) is 11.4 Å². The zero-order valence-electron chi connectivity index (χ0n) is 13.4. The fourth-order valence-corrected chi connectivity index (χ4v) is 6.65. The highest BCUT2D eigenvalue weighted by molar-refractivity contribution is 8.17. The summed E-state index contributed by atoms with van der Waals surface area (Å²) in [4.78, 5) is 12.4. The van der Waals surface area contributed by atoms with Gasteiger partial charge in [0.15, 0.2) is 10.3 Å².